The van der Waals surface area contributed by atoms with E-state index in [1.807, 2.05) is 6.07 Å². The van der Waals surface area contributed by atoms with Crippen molar-refractivity contribution in [3.05, 3.63) is 47.7 Å². The normalized spacial score (nSPS) is 13.1. The fourth-order valence-electron chi connectivity index (χ4n) is 2.13. The molecule has 0 saturated heterocycles. The van der Waals surface area contributed by atoms with Gasteiger partial charge in [0.25, 0.3) is 5.91 Å². The largest absolute Gasteiger partial charge is 0.465 e. The molecule has 7 heteroatoms. The van der Waals surface area contributed by atoms with Gasteiger partial charge in [-0.3, -0.25) is 9.69 Å². The summed E-state index contributed by atoms with van der Waals surface area (Å²) in [6.07, 6.45) is 1.56. The van der Waals surface area contributed by atoms with E-state index in [1.54, 1.807) is 12.1 Å². The summed E-state index contributed by atoms with van der Waals surface area (Å²) < 4.78 is 4.90. The number of carbonyl (C=O) groups is 2. The molecule has 2 amide bonds. The average Bonchev–Trinajstić information content (AvgIpc) is 3.07. The highest BCUT2D eigenvalue weighted by atomic mass is 16.4. The molecule has 2 heterocycles. The van der Waals surface area contributed by atoms with Crippen molar-refractivity contribution in [2.75, 3.05) is 5.32 Å². The lowest BCUT2D eigenvalue weighted by Gasteiger charge is -2.08. The fourth-order valence-corrected chi connectivity index (χ4v) is 2.13. The topological polar surface area (TPSA) is 95.7 Å². The molecule has 0 atom stereocenters. The van der Waals surface area contributed by atoms with Crippen LogP contribution in [0.15, 0.2) is 35.2 Å². The Labute approximate surface area is 113 Å². The van der Waals surface area contributed by atoms with E-state index in [4.69, 9.17) is 9.52 Å². The second-order valence-corrected chi connectivity index (χ2v) is 4.44. The van der Waals surface area contributed by atoms with Gasteiger partial charge in [-0.2, -0.15) is 0 Å². The molecule has 1 aromatic heterocycles. The van der Waals surface area contributed by atoms with Crippen LogP contribution in [0, 0.1) is 0 Å². The summed E-state index contributed by atoms with van der Waals surface area (Å²) in [5.74, 6) is -0.270. The zero-order chi connectivity index (χ0) is 14.1. The molecule has 2 aromatic rings. The number of anilines is 1. The van der Waals surface area contributed by atoms with Crippen LogP contribution in [0.1, 0.15) is 21.7 Å². The van der Waals surface area contributed by atoms with Crippen LogP contribution >= 0.6 is 0 Å². The number of rotatable bonds is 2. The second kappa shape index (κ2) is 4.69. The number of fused-ring (bicyclic) bond motifs is 1. The van der Waals surface area contributed by atoms with Gasteiger partial charge in [0, 0.05) is 18.8 Å². The van der Waals surface area contributed by atoms with Crippen molar-refractivity contribution in [2.45, 2.75) is 13.1 Å². The summed E-state index contributed by atoms with van der Waals surface area (Å²) in [6.45, 7) is 0.706. The first-order chi connectivity index (χ1) is 9.63. The predicted octanol–water partition coefficient (Wildman–Crippen LogP) is 1.92. The molecule has 0 unspecified atom stereocenters. The molecular formula is C13H11N3O4. The van der Waals surface area contributed by atoms with Gasteiger partial charge >= 0.3 is 6.09 Å². The van der Waals surface area contributed by atoms with Crippen molar-refractivity contribution >= 4 is 17.7 Å². The van der Waals surface area contributed by atoms with Gasteiger partial charge in [-0.05, 0) is 23.3 Å². The molecule has 0 spiro atoms. The molecule has 0 aliphatic carbocycles. The third-order valence-corrected chi connectivity index (χ3v) is 3.11. The van der Waals surface area contributed by atoms with Gasteiger partial charge in [0.05, 0.1) is 6.20 Å². The van der Waals surface area contributed by atoms with Crippen molar-refractivity contribution in [1.82, 2.24) is 9.88 Å². The molecule has 1 aliphatic heterocycles. The minimum absolute atomic E-state index is 0.123. The van der Waals surface area contributed by atoms with E-state index >= 15 is 0 Å². The number of aromatic nitrogens is 1. The van der Waals surface area contributed by atoms with Gasteiger partial charge in [-0.15, -0.1) is 0 Å². The van der Waals surface area contributed by atoms with Crippen LogP contribution in [-0.4, -0.2) is 27.0 Å². The van der Waals surface area contributed by atoms with Gasteiger partial charge in [-0.25, -0.2) is 9.78 Å². The predicted molar refractivity (Wildman–Crippen MR) is 68.2 cm³/mol. The monoisotopic (exact) mass is 273 g/mol. The molecule has 0 saturated carbocycles. The van der Waals surface area contributed by atoms with Crippen molar-refractivity contribution in [1.29, 1.82) is 0 Å². The highest BCUT2D eigenvalue weighted by Crippen LogP contribution is 2.25. The molecule has 2 N–H and O–H groups in total. The Hall–Kier alpha value is -2.83. The standard InChI is InChI=1S/C13H11N3O4/c17-12(11-4-14-7-20-11)15-10-2-1-8-5-16(13(18)19)6-9(8)3-10/h1-4,7H,5-6H2,(H,15,17)(H,18,19). The number of hydrogen-bond acceptors (Lipinski definition) is 4. The first-order valence-electron chi connectivity index (χ1n) is 5.93. The van der Waals surface area contributed by atoms with E-state index in [0.29, 0.717) is 18.8 Å². The molecule has 0 bridgehead atoms. The maximum absolute atomic E-state index is 11.8. The van der Waals surface area contributed by atoms with Gasteiger partial charge in [0.15, 0.2) is 6.39 Å². The van der Waals surface area contributed by atoms with E-state index in [2.05, 4.69) is 10.3 Å². The van der Waals surface area contributed by atoms with Crippen molar-refractivity contribution in [2.24, 2.45) is 0 Å². The first-order valence-corrected chi connectivity index (χ1v) is 5.93. The lowest BCUT2D eigenvalue weighted by molar-refractivity contribution is 0.0996. The summed E-state index contributed by atoms with van der Waals surface area (Å²) in [5.41, 5.74) is 2.44. The first kappa shape index (κ1) is 12.2. The number of oxazole rings is 1. The molecule has 1 aromatic carbocycles. The van der Waals surface area contributed by atoms with Crippen LogP contribution < -0.4 is 5.32 Å². The number of nitrogens with one attached hydrogen (secondary N) is 1. The van der Waals surface area contributed by atoms with E-state index in [0.717, 1.165) is 11.1 Å². The lowest BCUT2D eigenvalue weighted by Crippen LogP contribution is -2.22. The van der Waals surface area contributed by atoms with Crippen molar-refractivity contribution in [3.63, 3.8) is 0 Å². The summed E-state index contributed by atoms with van der Waals surface area (Å²) in [5, 5.41) is 11.6. The maximum atomic E-state index is 11.8. The quantitative estimate of drug-likeness (QED) is 0.871. The number of carboxylic acid groups (broad SMARTS) is 1. The van der Waals surface area contributed by atoms with Crippen molar-refractivity contribution in [3.8, 4) is 0 Å². The van der Waals surface area contributed by atoms with Crippen LogP contribution in [0.2, 0.25) is 0 Å². The Morgan fingerprint density at radius 3 is 2.80 bits per heavy atom. The number of amides is 2. The van der Waals surface area contributed by atoms with Crippen LogP contribution in [-0.2, 0) is 13.1 Å². The van der Waals surface area contributed by atoms with Gasteiger partial charge in [-0.1, -0.05) is 6.07 Å². The molecule has 0 fully saturated rings. The Morgan fingerprint density at radius 2 is 2.10 bits per heavy atom. The minimum Gasteiger partial charge on any atom is -0.465 e. The highest BCUT2D eigenvalue weighted by Gasteiger charge is 2.23. The lowest BCUT2D eigenvalue weighted by atomic mass is 10.1. The smallest absolute Gasteiger partial charge is 0.407 e. The van der Waals surface area contributed by atoms with E-state index in [9.17, 15) is 9.59 Å². The van der Waals surface area contributed by atoms with Gasteiger partial charge in [0.2, 0.25) is 5.76 Å². The zero-order valence-corrected chi connectivity index (χ0v) is 10.4. The fraction of sp³-hybridized carbons (Fsp3) is 0.154. The van der Waals surface area contributed by atoms with Crippen LogP contribution in [0.3, 0.4) is 0 Å². The Bertz CT molecular complexity index is 666. The van der Waals surface area contributed by atoms with Gasteiger partial charge in [0.1, 0.15) is 0 Å². The number of hydrogen-bond donors (Lipinski definition) is 2. The van der Waals surface area contributed by atoms with Crippen LogP contribution in [0.5, 0.6) is 0 Å². The summed E-state index contributed by atoms with van der Waals surface area (Å²) in [4.78, 5) is 27.7. The second-order valence-electron chi connectivity index (χ2n) is 4.44. The van der Waals surface area contributed by atoms with Gasteiger partial charge < -0.3 is 14.8 Å². The number of carbonyl (C=O) groups excluding carboxylic acids is 1. The Morgan fingerprint density at radius 1 is 1.30 bits per heavy atom. The molecule has 20 heavy (non-hydrogen) atoms. The molecular weight excluding hydrogens is 262 g/mol. The molecule has 7 nitrogen and oxygen atoms in total. The van der Waals surface area contributed by atoms with E-state index in [-0.39, 0.29) is 5.76 Å². The molecule has 102 valence electrons. The van der Waals surface area contributed by atoms with Crippen molar-refractivity contribution < 1.29 is 19.1 Å². The molecule has 1 aliphatic rings. The average molecular weight is 273 g/mol. The summed E-state index contributed by atoms with van der Waals surface area (Å²) in [6, 6.07) is 5.32. The third-order valence-electron chi connectivity index (χ3n) is 3.11. The Kier molecular flexibility index (Phi) is 2.86. The molecule has 3 rings (SSSR count). The zero-order valence-electron chi connectivity index (χ0n) is 10.4. The van der Waals surface area contributed by atoms with E-state index < -0.39 is 12.0 Å². The SMILES string of the molecule is O=C(Nc1ccc2c(c1)CN(C(=O)O)C2)c1cnco1. The Balaban J connectivity index is 1.76. The third kappa shape index (κ3) is 2.20. The summed E-state index contributed by atoms with van der Waals surface area (Å²) in [7, 11) is 0. The van der Waals surface area contributed by atoms with E-state index in [1.165, 1.54) is 17.5 Å². The highest BCUT2D eigenvalue weighted by molar-refractivity contribution is 6.02. The van der Waals surface area contributed by atoms with Crippen LogP contribution in [0.4, 0.5) is 10.5 Å². The molecule has 0 radical (unpaired) electrons. The number of benzene rings is 1. The minimum atomic E-state index is -0.951. The summed E-state index contributed by atoms with van der Waals surface area (Å²) >= 11 is 0. The van der Waals surface area contributed by atoms with Crippen LogP contribution in [0.25, 0.3) is 0 Å². The number of nitrogens with zero attached hydrogens (tertiary/aromatic N) is 2. The maximum Gasteiger partial charge on any atom is 0.407 e.